The summed E-state index contributed by atoms with van der Waals surface area (Å²) in [7, 11) is -3.10. The molecule has 0 radical (unpaired) electrons. The molecule has 4 nitrogen and oxygen atoms in total. The van der Waals surface area contributed by atoms with Crippen LogP contribution in [0.25, 0.3) is 0 Å². The molecule has 0 amide bonds. The summed E-state index contributed by atoms with van der Waals surface area (Å²) in [4.78, 5) is 0. The van der Waals surface area contributed by atoms with Gasteiger partial charge < -0.3 is 10.5 Å². The minimum atomic E-state index is -3.10. The molecule has 0 aliphatic carbocycles. The van der Waals surface area contributed by atoms with Gasteiger partial charge in [-0.1, -0.05) is 0 Å². The van der Waals surface area contributed by atoms with Crippen LogP contribution in [0.2, 0.25) is 0 Å². The summed E-state index contributed by atoms with van der Waals surface area (Å²) in [6.07, 6.45) is 3.27. The van der Waals surface area contributed by atoms with Gasteiger partial charge in [0.1, 0.15) is 0 Å². The maximum Gasteiger partial charge on any atom is 0.157 e. The lowest BCUT2D eigenvalue weighted by atomic mass is 9.88. The average molecular weight is 293 g/mol. The molecule has 2 fully saturated rings. The van der Waals surface area contributed by atoms with Crippen LogP contribution in [0.3, 0.4) is 0 Å². The largest absolute Gasteiger partial charge is 0.375 e. The van der Waals surface area contributed by atoms with Crippen LogP contribution in [0.1, 0.15) is 32.6 Å². The quantitative estimate of drug-likeness (QED) is 0.846. The molecule has 106 valence electrons. The first-order chi connectivity index (χ1) is 8.50. The molecule has 0 aromatic carbocycles. The van der Waals surface area contributed by atoms with Crippen LogP contribution in [-0.2, 0) is 14.6 Å². The van der Waals surface area contributed by atoms with Gasteiger partial charge in [0.05, 0.1) is 16.1 Å². The first kappa shape index (κ1) is 14.6. The molecule has 2 unspecified atom stereocenters. The highest BCUT2D eigenvalue weighted by Gasteiger charge is 2.44. The van der Waals surface area contributed by atoms with Crippen LogP contribution in [0.15, 0.2) is 0 Å². The molecule has 0 saturated carbocycles. The van der Waals surface area contributed by atoms with E-state index in [1.54, 1.807) is 6.92 Å². The molecule has 2 saturated heterocycles. The predicted molar refractivity (Wildman–Crippen MR) is 75.7 cm³/mol. The van der Waals surface area contributed by atoms with Crippen molar-refractivity contribution in [3.8, 4) is 0 Å². The Hall–Kier alpha value is 0.220. The molecular weight excluding hydrogens is 270 g/mol. The number of nitrogens with two attached hydrogens (primary N) is 1. The molecular formula is C12H23NO3S2. The van der Waals surface area contributed by atoms with Crippen LogP contribution in [0.5, 0.6) is 0 Å². The van der Waals surface area contributed by atoms with E-state index in [0.29, 0.717) is 19.4 Å². The van der Waals surface area contributed by atoms with E-state index in [1.165, 1.54) is 0 Å². The number of rotatable bonds is 3. The first-order valence-electron chi connectivity index (χ1n) is 6.65. The molecule has 0 bridgehead atoms. The van der Waals surface area contributed by atoms with Crippen molar-refractivity contribution in [1.82, 2.24) is 0 Å². The van der Waals surface area contributed by atoms with E-state index in [4.69, 9.17) is 10.5 Å². The maximum atomic E-state index is 12.4. The second-order valence-corrected chi connectivity index (χ2v) is 9.27. The number of hydrogen-bond donors (Lipinski definition) is 1. The lowest BCUT2D eigenvalue weighted by molar-refractivity contribution is -0.0814. The van der Waals surface area contributed by atoms with Gasteiger partial charge in [0, 0.05) is 13.2 Å². The zero-order chi connectivity index (χ0) is 13.2. The summed E-state index contributed by atoms with van der Waals surface area (Å²) in [6, 6.07) is 0. The zero-order valence-electron chi connectivity index (χ0n) is 10.9. The summed E-state index contributed by atoms with van der Waals surface area (Å²) < 4.78 is 30.7. The van der Waals surface area contributed by atoms with Gasteiger partial charge in [0.2, 0.25) is 0 Å². The van der Waals surface area contributed by atoms with E-state index in [2.05, 4.69) is 0 Å². The number of sulfone groups is 1. The Labute approximate surface area is 114 Å². The van der Waals surface area contributed by atoms with Crippen molar-refractivity contribution in [2.75, 3.05) is 24.7 Å². The highest BCUT2D eigenvalue weighted by Crippen LogP contribution is 2.39. The average Bonchev–Trinajstić information content (AvgIpc) is 2.38. The van der Waals surface area contributed by atoms with E-state index >= 15 is 0 Å². The summed E-state index contributed by atoms with van der Waals surface area (Å²) in [5, 5.41) is -0.691. The second-order valence-electron chi connectivity index (χ2n) is 5.39. The third-order valence-corrected chi connectivity index (χ3v) is 7.84. The third kappa shape index (κ3) is 2.86. The van der Waals surface area contributed by atoms with Gasteiger partial charge in [-0.15, -0.1) is 0 Å². The van der Waals surface area contributed by atoms with Gasteiger partial charge in [-0.3, -0.25) is 0 Å². The fourth-order valence-electron chi connectivity index (χ4n) is 2.82. The van der Waals surface area contributed by atoms with E-state index in [9.17, 15) is 8.42 Å². The maximum absolute atomic E-state index is 12.4. The summed E-state index contributed by atoms with van der Waals surface area (Å²) >= 11 is 1.93. The Kier molecular flexibility index (Phi) is 4.62. The van der Waals surface area contributed by atoms with Crippen LogP contribution in [-0.4, -0.2) is 49.2 Å². The third-order valence-electron chi connectivity index (χ3n) is 4.21. The Bertz CT molecular complexity index is 371. The Morgan fingerprint density at radius 2 is 2.11 bits per heavy atom. The number of ether oxygens (including phenoxy) is 1. The Balaban J connectivity index is 2.11. The Morgan fingerprint density at radius 3 is 2.72 bits per heavy atom. The highest BCUT2D eigenvalue weighted by atomic mass is 32.2. The molecule has 2 atom stereocenters. The normalized spacial score (nSPS) is 30.2. The van der Waals surface area contributed by atoms with E-state index in [0.717, 1.165) is 24.3 Å². The lowest BCUT2D eigenvalue weighted by Crippen LogP contribution is -2.48. The van der Waals surface area contributed by atoms with Crippen molar-refractivity contribution in [1.29, 1.82) is 0 Å². The van der Waals surface area contributed by atoms with Crippen molar-refractivity contribution in [3.05, 3.63) is 0 Å². The number of thioether (sulfide) groups is 1. The monoisotopic (exact) mass is 293 g/mol. The van der Waals surface area contributed by atoms with Crippen LogP contribution in [0.4, 0.5) is 0 Å². The molecule has 18 heavy (non-hydrogen) atoms. The van der Waals surface area contributed by atoms with Crippen molar-refractivity contribution in [2.45, 2.75) is 48.7 Å². The van der Waals surface area contributed by atoms with Gasteiger partial charge in [0.25, 0.3) is 0 Å². The molecule has 2 rings (SSSR count). The smallest absolute Gasteiger partial charge is 0.157 e. The molecule has 2 heterocycles. The Morgan fingerprint density at radius 1 is 1.44 bits per heavy atom. The topological polar surface area (TPSA) is 69.4 Å². The predicted octanol–water partition coefficient (Wildman–Crippen LogP) is 1.19. The van der Waals surface area contributed by atoms with Gasteiger partial charge in [-0.05, 0) is 44.1 Å². The molecule has 2 N–H and O–H groups in total. The van der Waals surface area contributed by atoms with Gasteiger partial charge in [0.15, 0.2) is 9.84 Å². The van der Waals surface area contributed by atoms with Crippen LogP contribution >= 0.6 is 11.8 Å². The molecule has 2 aliphatic rings. The summed E-state index contributed by atoms with van der Waals surface area (Å²) in [5.41, 5.74) is 5.35. The standard InChI is InChI=1S/C12H23NO3S2/c1-10(9-13)18(14,15)11-2-5-16-12(8-11)3-6-17-7-4-12/h10-11H,2-9,13H2,1H3. The van der Waals surface area contributed by atoms with Gasteiger partial charge in [-0.2, -0.15) is 11.8 Å². The molecule has 0 aromatic rings. The molecule has 0 aromatic heterocycles. The van der Waals surface area contributed by atoms with Crippen molar-refractivity contribution in [2.24, 2.45) is 5.73 Å². The molecule has 1 spiro atoms. The minimum absolute atomic E-state index is 0.171. The van der Waals surface area contributed by atoms with E-state index < -0.39 is 15.1 Å². The van der Waals surface area contributed by atoms with Crippen molar-refractivity contribution in [3.63, 3.8) is 0 Å². The van der Waals surface area contributed by atoms with Gasteiger partial charge >= 0.3 is 0 Å². The SMILES string of the molecule is CC(CN)S(=O)(=O)C1CCOC2(CCSCC2)C1. The zero-order valence-corrected chi connectivity index (χ0v) is 12.6. The fourth-order valence-corrected chi connectivity index (χ4v) is 5.94. The lowest BCUT2D eigenvalue weighted by Gasteiger charge is -2.43. The van der Waals surface area contributed by atoms with Crippen LogP contribution < -0.4 is 5.73 Å². The molecule has 2 aliphatic heterocycles. The second kappa shape index (κ2) is 5.69. The molecule has 6 heteroatoms. The fraction of sp³-hybridized carbons (Fsp3) is 1.00. The van der Waals surface area contributed by atoms with Crippen molar-refractivity contribution < 1.29 is 13.2 Å². The van der Waals surface area contributed by atoms with Crippen LogP contribution in [0, 0.1) is 0 Å². The van der Waals surface area contributed by atoms with E-state index in [-0.39, 0.29) is 17.4 Å². The number of hydrogen-bond acceptors (Lipinski definition) is 5. The summed E-state index contributed by atoms with van der Waals surface area (Å²) in [6.45, 7) is 2.50. The van der Waals surface area contributed by atoms with E-state index in [1.807, 2.05) is 11.8 Å². The first-order valence-corrected chi connectivity index (χ1v) is 9.41. The van der Waals surface area contributed by atoms with Crippen molar-refractivity contribution >= 4 is 21.6 Å². The van der Waals surface area contributed by atoms with Gasteiger partial charge in [-0.25, -0.2) is 8.42 Å². The highest BCUT2D eigenvalue weighted by molar-refractivity contribution is 7.99. The summed E-state index contributed by atoms with van der Waals surface area (Å²) in [5.74, 6) is 2.17. The minimum Gasteiger partial charge on any atom is -0.375 e.